The molecule has 1 aliphatic heterocycles. The van der Waals surface area contributed by atoms with Crippen LogP contribution >= 0.6 is 34.8 Å². The molecule has 3 atom stereocenters. The van der Waals surface area contributed by atoms with Gasteiger partial charge in [-0.3, -0.25) is 0 Å². The molecule has 2 N–H and O–H groups in total. The highest BCUT2D eigenvalue weighted by atomic mass is 35.5. The number of aliphatic hydroxyl groups excluding tert-OH is 2. The molecule has 1 aliphatic rings. The number of hydrogen-bond acceptors (Lipinski definition) is 7. The Morgan fingerprint density at radius 3 is 2.52 bits per heavy atom. The van der Waals surface area contributed by atoms with Gasteiger partial charge < -0.3 is 19.7 Å². The molecule has 0 spiro atoms. The molecule has 0 saturated heterocycles. The van der Waals surface area contributed by atoms with E-state index in [2.05, 4.69) is 5.10 Å². The Bertz CT molecular complexity index is 916. The highest BCUT2D eigenvalue weighted by molar-refractivity contribution is 6.31. The van der Waals surface area contributed by atoms with Crippen molar-refractivity contribution in [1.29, 1.82) is 0 Å². The van der Waals surface area contributed by atoms with E-state index >= 15 is 0 Å². The van der Waals surface area contributed by atoms with Gasteiger partial charge in [-0.1, -0.05) is 41.4 Å². The fourth-order valence-electron chi connectivity index (χ4n) is 3.63. The SMILES string of the molecule is COCCOCN1C(O)C=NN(c2ccc(C(CCCCl)c3ccc(Cl)cc3)c(Cl)c2)C1O. The van der Waals surface area contributed by atoms with Crippen LogP contribution in [0.5, 0.6) is 0 Å². The zero-order valence-corrected chi connectivity index (χ0v) is 20.5. The lowest BCUT2D eigenvalue weighted by atomic mass is 9.87. The van der Waals surface area contributed by atoms with Crippen LogP contribution in [0.1, 0.15) is 29.9 Å². The molecule has 2 aromatic carbocycles. The third kappa shape index (κ3) is 6.81. The number of hydrogen-bond donors (Lipinski definition) is 2. The first-order valence-electron chi connectivity index (χ1n) is 10.6. The number of benzene rings is 2. The molecule has 0 saturated carbocycles. The summed E-state index contributed by atoms with van der Waals surface area (Å²) in [5.41, 5.74) is 2.62. The smallest absolute Gasteiger partial charge is 0.210 e. The third-order valence-electron chi connectivity index (χ3n) is 5.37. The van der Waals surface area contributed by atoms with Gasteiger partial charge in [0.15, 0.2) is 6.23 Å². The van der Waals surface area contributed by atoms with Crippen LogP contribution in [0.15, 0.2) is 47.6 Å². The molecule has 0 amide bonds. The minimum Gasteiger partial charge on any atom is -0.382 e. The van der Waals surface area contributed by atoms with Crippen LogP contribution in [-0.4, -0.2) is 66.8 Å². The van der Waals surface area contributed by atoms with Crippen molar-refractivity contribution >= 4 is 46.7 Å². The Kier molecular flexibility index (Phi) is 10.2. The molecule has 0 aromatic heterocycles. The summed E-state index contributed by atoms with van der Waals surface area (Å²) in [6.45, 7) is 0.739. The van der Waals surface area contributed by atoms with Crippen molar-refractivity contribution in [1.82, 2.24) is 4.90 Å². The zero-order valence-electron chi connectivity index (χ0n) is 18.3. The number of methoxy groups -OCH3 is 1. The van der Waals surface area contributed by atoms with Gasteiger partial charge in [-0.05, 0) is 48.2 Å². The Hall–Kier alpha value is -1.42. The zero-order chi connectivity index (χ0) is 23.8. The molecular weight excluding hydrogens is 489 g/mol. The summed E-state index contributed by atoms with van der Waals surface area (Å²) in [6, 6.07) is 13.2. The summed E-state index contributed by atoms with van der Waals surface area (Å²) in [5, 5.41) is 27.8. The molecule has 2 aromatic rings. The van der Waals surface area contributed by atoms with E-state index in [1.165, 1.54) is 16.1 Å². The molecule has 0 bridgehead atoms. The molecule has 0 aliphatic carbocycles. The topological polar surface area (TPSA) is 77.8 Å². The van der Waals surface area contributed by atoms with Crippen LogP contribution in [0.4, 0.5) is 5.69 Å². The maximum atomic E-state index is 10.8. The molecule has 0 fully saturated rings. The van der Waals surface area contributed by atoms with Crippen molar-refractivity contribution in [3.05, 3.63) is 63.6 Å². The summed E-state index contributed by atoms with van der Waals surface area (Å²) >= 11 is 18.7. The highest BCUT2D eigenvalue weighted by Gasteiger charge is 2.32. The molecule has 33 heavy (non-hydrogen) atoms. The van der Waals surface area contributed by atoms with Gasteiger partial charge in [0.2, 0.25) is 6.35 Å². The van der Waals surface area contributed by atoms with Gasteiger partial charge in [0, 0.05) is 29.0 Å². The minimum absolute atomic E-state index is 0.00288. The normalized spacial score (nSPS) is 19.8. The van der Waals surface area contributed by atoms with E-state index in [1.54, 1.807) is 13.2 Å². The fraction of sp³-hybridized carbons (Fsp3) is 0.435. The Morgan fingerprint density at radius 2 is 1.85 bits per heavy atom. The number of ether oxygens (including phenoxy) is 2. The Labute approximate surface area is 209 Å². The molecular formula is C23H28Cl3N3O4. The molecule has 0 radical (unpaired) electrons. The summed E-state index contributed by atoms with van der Waals surface area (Å²) in [7, 11) is 1.57. The number of nitrogens with zero attached hydrogens (tertiary/aromatic N) is 3. The van der Waals surface area contributed by atoms with E-state index in [-0.39, 0.29) is 12.6 Å². The van der Waals surface area contributed by atoms with Crippen molar-refractivity contribution in [2.45, 2.75) is 31.3 Å². The van der Waals surface area contributed by atoms with Crippen LogP contribution in [0, 0.1) is 0 Å². The summed E-state index contributed by atoms with van der Waals surface area (Å²) < 4.78 is 10.4. The first-order valence-corrected chi connectivity index (χ1v) is 11.9. The highest BCUT2D eigenvalue weighted by Crippen LogP contribution is 2.37. The van der Waals surface area contributed by atoms with Crippen molar-refractivity contribution in [3.8, 4) is 0 Å². The minimum atomic E-state index is -1.24. The van der Waals surface area contributed by atoms with E-state index in [9.17, 15) is 10.2 Å². The van der Waals surface area contributed by atoms with Gasteiger partial charge in [-0.2, -0.15) is 5.10 Å². The molecule has 7 nitrogen and oxygen atoms in total. The first kappa shape index (κ1) is 26.2. The van der Waals surface area contributed by atoms with Crippen molar-refractivity contribution in [2.24, 2.45) is 5.10 Å². The molecule has 180 valence electrons. The molecule has 3 unspecified atom stereocenters. The van der Waals surface area contributed by atoms with Crippen LogP contribution in [0.2, 0.25) is 10.0 Å². The lowest BCUT2D eigenvalue weighted by Crippen LogP contribution is -2.56. The van der Waals surface area contributed by atoms with Gasteiger partial charge in [-0.25, -0.2) is 9.91 Å². The second-order valence-electron chi connectivity index (χ2n) is 7.55. The maximum Gasteiger partial charge on any atom is 0.210 e. The summed E-state index contributed by atoms with van der Waals surface area (Å²) in [4.78, 5) is 1.35. The summed E-state index contributed by atoms with van der Waals surface area (Å²) in [5.74, 6) is 0.601. The van der Waals surface area contributed by atoms with Gasteiger partial charge >= 0.3 is 0 Å². The van der Waals surface area contributed by atoms with Gasteiger partial charge in [0.25, 0.3) is 0 Å². The lowest BCUT2D eigenvalue weighted by molar-refractivity contribution is -0.135. The molecule has 10 heteroatoms. The number of halogens is 3. The van der Waals surface area contributed by atoms with E-state index in [0.717, 1.165) is 24.0 Å². The second-order valence-corrected chi connectivity index (χ2v) is 8.78. The summed E-state index contributed by atoms with van der Waals surface area (Å²) in [6.07, 6.45) is 0.660. The van der Waals surface area contributed by atoms with E-state index in [1.807, 2.05) is 36.4 Å². The quantitative estimate of drug-likeness (QED) is 0.339. The fourth-order valence-corrected chi connectivity index (χ4v) is 4.22. The second kappa shape index (κ2) is 12.9. The Morgan fingerprint density at radius 1 is 1.09 bits per heavy atom. The maximum absolute atomic E-state index is 10.8. The number of aliphatic hydroxyl groups is 2. The average Bonchev–Trinajstić information content (AvgIpc) is 2.80. The standard InChI is InChI=1S/C23H28Cl3N3O4/c1-32-11-12-33-15-28-22(30)14-27-29(23(28)31)18-8-9-20(21(26)13-18)19(3-2-10-24)16-4-6-17(25)7-5-16/h4-9,13-14,19,22-23,30-31H,2-3,10-12,15H2,1H3. The van der Waals surface area contributed by atoms with Gasteiger partial charge in [0.1, 0.15) is 6.73 Å². The predicted octanol–water partition coefficient (Wildman–Crippen LogP) is 4.47. The van der Waals surface area contributed by atoms with Crippen molar-refractivity contribution in [3.63, 3.8) is 0 Å². The van der Waals surface area contributed by atoms with E-state index in [4.69, 9.17) is 44.3 Å². The number of alkyl halides is 1. The predicted molar refractivity (Wildman–Crippen MR) is 132 cm³/mol. The molecule has 3 rings (SSSR count). The van der Waals surface area contributed by atoms with Crippen LogP contribution in [0.3, 0.4) is 0 Å². The monoisotopic (exact) mass is 515 g/mol. The largest absolute Gasteiger partial charge is 0.382 e. The number of hydrazone groups is 1. The lowest BCUT2D eigenvalue weighted by Gasteiger charge is -2.39. The van der Waals surface area contributed by atoms with Crippen molar-refractivity contribution < 1.29 is 19.7 Å². The van der Waals surface area contributed by atoms with Crippen LogP contribution in [0.25, 0.3) is 0 Å². The van der Waals surface area contributed by atoms with Gasteiger partial charge in [0.05, 0.1) is 25.1 Å². The van der Waals surface area contributed by atoms with E-state index in [0.29, 0.717) is 34.8 Å². The van der Waals surface area contributed by atoms with Crippen LogP contribution in [-0.2, 0) is 9.47 Å². The molecule has 1 heterocycles. The van der Waals surface area contributed by atoms with Crippen molar-refractivity contribution in [2.75, 3.05) is 37.9 Å². The first-order chi connectivity index (χ1) is 16.0. The number of rotatable bonds is 11. The van der Waals surface area contributed by atoms with Crippen LogP contribution < -0.4 is 5.01 Å². The number of anilines is 1. The Balaban J connectivity index is 1.82. The average molecular weight is 517 g/mol. The third-order valence-corrected chi connectivity index (χ3v) is 6.22. The van der Waals surface area contributed by atoms with E-state index < -0.39 is 12.6 Å². The van der Waals surface area contributed by atoms with Gasteiger partial charge in [-0.15, -0.1) is 11.6 Å².